The number of aliphatic carboxylic acids is 1. The van der Waals surface area contributed by atoms with E-state index in [1.165, 1.54) is 0 Å². The van der Waals surface area contributed by atoms with Crippen molar-refractivity contribution in [2.24, 2.45) is 0 Å². The molecule has 1 heterocycles. The van der Waals surface area contributed by atoms with Gasteiger partial charge in [0, 0.05) is 23.5 Å². The summed E-state index contributed by atoms with van der Waals surface area (Å²) in [6.07, 6.45) is 3.10. The third-order valence-electron chi connectivity index (χ3n) is 2.35. The van der Waals surface area contributed by atoms with Crippen molar-refractivity contribution in [1.29, 1.82) is 0 Å². The summed E-state index contributed by atoms with van der Waals surface area (Å²) >= 11 is 3.30. The number of amides is 1. The molecule has 1 aromatic rings. The Labute approximate surface area is 114 Å². The fourth-order valence-electron chi connectivity index (χ4n) is 1.43. The number of aryl methyl sites for hydroxylation is 1. The summed E-state index contributed by atoms with van der Waals surface area (Å²) in [7, 11) is 0. The first kappa shape index (κ1) is 14.6. The molecule has 0 saturated heterocycles. The third kappa shape index (κ3) is 5.27. The molecule has 0 bridgehead atoms. The number of rotatable bonds is 6. The summed E-state index contributed by atoms with van der Waals surface area (Å²) in [6, 6.07) is 1.87. The first-order valence-electron chi connectivity index (χ1n) is 5.63. The first-order chi connectivity index (χ1) is 8.49. The average molecular weight is 315 g/mol. The monoisotopic (exact) mass is 314 g/mol. The van der Waals surface area contributed by atoms with Gasteiger partial charge in [-0.3, -0.25) is 9.59 Å². The number of carboxylic acid groups (broad SMARTS) is 1. The Balaban J connectivity index is 2.38. The van der Waals surface area contributed by atoms with Crippen LogP contribution in [0.15, 0.2) is 16.7 Å². The van der Waals surface area contributed by atoms with E-state index in [1.54, 1.807) is 6.20 Å². The van der Waals surface area contributed by atoms with E-state index in [0.717, 1.165) is 10.0 Å². The SMILES string of the molecule is Cc1cc(Br)cnc1NC(=O)CCCCC(=O)O. The zero-order valence-corrected chi connectivity index (χ0v) is 11.7. The van der Waals surface area contributed by atoms with E-state index in [9.17, 15) is 9.59 Å². The molecule has 0 aliphatic carbocycles. The number of halogens is 1. The van der Waals surface area contributed by atoms with E-state index in [4.69, 9.17) is 5.11 Å². The van der Waals surface area contributed by atoms with Gasteiger partial charge in [-0.25, -0.2) is 4.98 Å². The average Bonchev–Trinajstić information content (AvgIpc) is 2.28. The lowest BCUT2D eigenvalue weighted by atomic mass is 10.2. The van der Waals surface area contributed by atoms with Crippen LogP contribution in [0.1, 0.15) is 31.2 Å². The minimum absolute atomic E-state index is 0.100. The van der Waals surface area contributed by atoms with Crippen molar-refractivity contribution in [3.63, 3.8) is 0 Å². The van der Waals surface area contributed by atoms with Crippen molar-refractivity contribution in [1.82, 2.24) is 4.98 Å². The molecular weight excluding hydrogens is 300 g/mol. The van der Waals surface area contributed by atoms with Crippen molar-refractivity contribution >= 4 is 33.6 Å². The fraction of sp³-hybridized carbons (Fsp3) is 0.417. The Morgan fingerprint density at radius 3 is 2.67 bits per heavy atom. The molecule has 0 spiro atoms. The molecule has 1 amide bonds. The molecule has 1 aromatic heterocycles. The van der Waals surface area contributed by atoms with Crippen LogP contribution in [-0.4, -0.2) is 22.0 Å². The number of hydrogen-bond donors (Lipinski definition) is 2. The van der Waals surface area contributed by atoms with E-state index >= 15 is 0 Å². The van der Waals surface area contributed by atoms with E-state index in [2.05, 4.69) is 26.2 Å². The number of pyridine rings is 1. The summed E-state index contributed by atoms with van der Waals surface area (Å²) in [5, 5.41) is 11.2. The van der Waals surface area contributed by atoms with Gasteiger partial charge in [-0.15, -0.1) is 0 Å². The third-order valence-corrected chi connectivity index (χ3v) is 2.78. The van der Waals surface area contributed by atoms with Gasteiger partial charge in [0.1, 0.15) is 5.82 Å². The van der Waals surface area contributed by atoms with Gasteiger partial charge in [0.25, 0.3) is 0 Å². The molecule has 0 saturated carbocycles. The van der Waals surface area contributed by atoms with Crippen molar-refractivity contribution < 1.29 is 14.7 Å². The van der Waals surface area contributed by atoms with Crippen molar-refractivity contribution in [3.8, 4) is 0 Å². The molecule has 5 nitrogen and oxygen atoms in total. The van der Waals surface area contributed by atoms with E-state index in [1.807, 2.05) is 13.0 Å². The number of aromatic nitrogens is 1. The Morgan fingerprint density at radius 1 is 1.39 bits per heavy atom. The number of anilines is 1. The quantitative estimate of drug-likeness (QED) is 0.791. The van der Waals surface area contributed by atoms with Gasteiger partial charge in [-0.2, -0.15) is 0 Å². The maximum atomic E-state index is 11.6. The molecule has 0 aromatic carbocycles. The van der Waals surface area contributed by atoms with Gasteiger partial charge in [0.2, 0.25) is 5.91 Å². The summed E-state index contributed by atoms with van der Waals surface area (Å²) in [5.41, 5.74) is 0.878. The van der Waals surface area contributed by atoms with Crippen molar-refractivity contribution in [2.75, 3.05) is 5.32 Å². The first-order valence-corrected chi connectivity index (χ1v) is 6.42. The number of nitrogens with one attached hydrogen (secondary N) is 1. The van der Waals surface area contributed by atoms with Crippen LogP contribution in [-0.2, 0) is 9.59 Å². The lowest BCUT2D eigenvalue weighted by Crippen LogP contribution is -2.13. The van der Waals surface area contributed by atoms with Gasteiger partial charge in [0.05, 0.1) is 0 Å². The number of nitrogens with zero attached hydrogens (tertiary/aromatic N) is 1. The predicted octanol–water partition coefficient (Wildman–Crippen LogP) is 2.74. The van der Waals surface area contributed by atoms with Crippen LogP contribution in [0.5, 0.6) is 0 Å². The molecule has 2 N–H and O–H groups in total. The predicted molar refractivity (Wildman–Crippen MR) is 71.4 cm³/mol. The van der Waals surface area contributed by atoms with Crippen LogP contribution in [0.3, 0.4) is 0 Å². The topological polar surface area (TPSA) is 79.3 Å². The Hall–Kier alpha value is -1.43. The molecule has 0 radical (unpaired) electrons. The number of carbonyl (C=O) groups excluding carboxylic acids is 1. The standard InChI is InChI=1S/C12H15BrN2O3/c1-8-6-9(13)7-14-12(8)15-10(16)4-2-3-5-11(17)18/h6-7H,2-5H2,1H3,(H,17,18)(H,14,15,16). The molecule has 18 heavy (non-hydrogen) atoms. The molecule has 0 aliphatic heterocycles. The highest BCUT2D eigenvalue weighted by Gasteiger charge is 2.06. The van der Waals surface area contributed by atoms with Crippen LogP contribution in [0.25, 0.3) is 0 Å². The summed E-state index contributed by atoms with van der Waals surface area (Å²) < 4.78 is 0.861. The second-order valence-electron chi connectivity index (χ2n) is 3.97. The summed E-state index contributed by atoms with van der Waals surface area (Å²) in [5.74, 6) is -0.430. The largest absolute Gasteiger partial charge is 0.481 e. The van der Waals surface area contributed by atoms with Crippen LogP contribution in [0, 0.1) is 6.92 Å². The van der Waals surface area contributed by atoms with Crippen LogP contribution >= 0.6 is 15.9 Å². The highest BCUT2D eigenvalue weighted by Crippen LogP contribution is 2.17. The second-order valence-corrected chi connectivity index (χ2v) is 4.88. The van der Waals surface area contributed by atoms with Gasteiger partial charge >= 0.3 is 5.97 Å². The van der Waals surface area contributed by atoms with E-state index in [0.29, 0.717) is 25.1 Å². The summed E-state index contributed by atoms with van der Waals surface area (Å²) in [6.45, 7) is 1.86. The van der Waals surface area contributed by atoms with Crippen LogP contribution < -0.4 is 5.32 Å². The minimum Gasteiger partial charge on any atom is -0.481 e. The number of carbonyl (C=O) groups is 2. The zero-order chi connectivity index (χ0) is 13.5. The molecule has 0 atom stereocenters. The normalized spacial score (nSPS) is 10.1. The summed E-state index contributed by atoms with van der Waals surface area (Å²) in [4.78, 5) is 26.0. The van der Waals surface area contributed by atoms with Crippen LogP contribution in [0.2, 0.25) is 0 Å². The zero-order valence-electron chi connectivity index (χ0n) is 10.1. The second kappa shape index (κ2) is 7.10. The highest BCUT2D eigenvalue weighted by atomic mass is 79.9. The van der Waals surface area contributed by atoms with Gasteiger partial charge in [0.15, 0.2) is 0 Å². The minimum atomic E-state index is -0.833. The number of carboxylic acids is 1. The molecule has 1 rings (SSSR count). The van der Waals surface area contributed by atoms with Gasteiger partial charge < -0.3 is 10.4 Å². The van der Waals surface area contributed by atoms with E-state index < -0.39 is 5.97 Å². The van der Waals surface area contributed by atoms with Crippen molar-refractivity contribution in [3.05, 3.63) is 22.3 Å². The van der Waals surface area contributed by atoms with Gasteiger partial charge in [-0.1, -0.05) is 0 Å². The fourth-order valence-corrected chi connectivity index (χ4v) is 1.87. The molecule has 0 aliphatic rings. The van der Waals surface area contributed by atoms with E-state index in [-0.39, 0.29) is 12.3 Å². The molecule has 6 heteroatoms. The maximum Gasteiger partial charge on any atom is 0.303 e. The number of unbranched alkanes of at least 4 members (excludes halogenated alkanes) is 1. The van der Waals surface area contributed by atoms with Gasteiger partial charge in [-0.05, 0) is 47.3 Å². The Bertz CT molecular complexity index is 449. The lowest BCUT2D eigenvalue weighted by Gasteiger charge is -2.07. The molecule has 98 valence electrons. The highest BCUT2D eigenvalue weighted by molar-refractivity contribution is 9.10. The van der Waals surface area contributed by atoms with Crippen molar-refractivity contribution in [2.45, 2.75) is 32.6 Å². The Kier molecular flexibility index (Phi) is 5.77. The maximum absolute atomic E-state index is 11.6. The Morgan fingerprint density at radius 2 is 2.06 bits per heavy atom. The number of hydrogen-bond acceptors (Lipinski definition) is 3. The lowest BCUT2D eigenvalue weighted by molar-refractivity contribution is -0.137. The smallest absolute Gasteiger partial charge is 0.303 e. The molecular formula is C12H15BrN2O3. The van der Waals surface area contributed by atoms with Crippen LogP contribution in [0.4, 0.5) is 5.82 Å². The molecule has 0 unspecified atom stereocenters. The molecule has 0 fully saturated rings.